The van der Waals surface area contributed by atoms with E-state index in [-0.39, 0.29) is 24.2 Å². The van der Waals surface area contributed by atoms with E-state index >= 15 is 0 Å². The highest BCUT2D eigenvalue weighted by Gasteiger charge is 2.31. The molecule has 0 saturated heterocycles. The van der Waals surface area contributed by atoms with Gasteiger partial charge in [0.25, 0.3) is 11.6 Å². The van der Waals surface area contributed by atoms with Crippen molar-refractivity contribution in [1.82, 2.24) is 4.90 Å². The van der Waals surface area contributed by atoms with Crippen molar-refractivity contribution >= 4 is 56.2 Å². The van der Waals surface area contributed by atoms with Crippen molar-refractivity contribution in [2.45, 2.75) is 45.1 Å². The maximum atomic E-state index is 13.6. The molecule has 1 saturated carbocycles. The lowest BCUT2D eigenvalue weighted by Gasteiger charge is -2.33. The van der Waals surface area contributed by atoms with Crippen molar-refractivity contribution in [2.24, 2.45) is 0 Å². The number of nitro benzene ring substituents is 1. The molecule has 1 heterocycles. The van der Waals surface area contributed by atoms with Crippen molar-refractivity contribution in [3.8, 4) is 0 Å². The van der Waals surface area contributed by atoms with Gasteiger partial charge in [-0.25, -0.2) is 0 Å². The standard InChI is InChI=1S/C24H24ClN3O4S/c1-15-11-12-17(28(31)32)13-19(15)26-21(29)14-27(16-7-3-2-4-8-16)24(30)23-22(25)18-9-5-6-10-20(18)33-23/h5-6,9-13,16H,2-4,7-8,14H2,1H3,(H,26,29). The summed E-state index contributed by atoms with van der Waals surface area (Å²) in [7, 11) is 0. The van der Waals surface area contributed by atoms with E-state index in [1.807, 2.05) is 24.3 Å². The summed E-state index contributed by atoms with van der Waals surface area (Å²) in [6.07, 6.45) is 4.77. The van der Waals surface area contributed by atoms with Gasteiger partial charge in [0.15, 0.2) is 0 Å². The quantitative estimate of drug-likeness (QED) is 0.333. The lowest BCUT2D eigenvalue weighted by atomic mass is 9.94. The summed E-state index contributed by atoms with van der Waals surface area (Å²) in [4.78, 5) is 39.3. The van der Waals surface area contributed by atoms with Gasteiger partial charge in [-0.2, -0.15) is 0 Å². The first-order valence-electron chi connectivity index (χ1n) is 10.9. The number of non-ortho nitro benzene ring substituents is 1. The van der Waals surface area contributed by atoms with Crippen molar-refractivity contribution in [1.29, 1.82) is 0 Å². The number of rotatable bonds is 6. The summed E-state index contributed by atoms with van der Waals surface area (Å²) in [5.74, 6) is -0.645. The third-order valence-electron chi connectivity index (χ3n) is 6.03. The van der Waals surface area contributed by atoms with Crippen LogP contribution in [0.25, 0.3) is 10.1 Å². The fourth-order valence-corrected chi connectivity index (χ4v) is 5.71. The number of carbonyl (C=O) groups excluding carboxylic acids is 2. The molecule has 1 fully saturated rings. The van der Waals surface area contributed by atoms with E-state index in [2.05, 4.69) is 5.32 Å². The highest BCUT2D eigenvalue weighted by molar-refractivity contribution is 7.21. The second-order valence-corrected chi connectivity index (χ2v) is 9.70. The van der Waals surface area contributed by atoms with Crippen LogP contribution in [0.5, 0.6) is 0 Å². The number of nitrogens with zero attached hydrogens (tertiary/aromatic N) is 2. The largest absolute Gasteiger partial charge is 0.326 e. The molecule has 1 aliphatic rings. The number of thiophene rings is 1. The lowest BCUT2D eigenvalue weighted by Crippen LogP contribution is -2.45. The maximum Gasteiger partial charge on any atom is 0.271 e. The summed E-state index contributed by atoms with van der Waals surface area (Å²) >= 11 is 7.90. The zero-order chi connectivity index (χ0) is 23.5. The van der Waals surface area contributed by atoms with Gasteiger partial charge in [-0.05, 0) is 31.4 Å². The molecule has 1 aliphatic carbocycles. The Labute approximate surface area is 200 Å². The molecule has 33 heavy (non-hydrogen) atoms. The molecule has 7 nitrogen and oxygen atoms in total. The molecule has 0 unspecified atom stereocenters. The fourth-order valence-electron chi connectivity index (χ4n) is 4.24. The topological polar surface area (TPSA) is 92.6 Å². The van der Waals surface area contributed by atoms with E-state index in [9.17, 15) is 19.7 Å². The monoisotopic (exact) mass is 485 g/mol. The molecular formula is C24H24ClN3O4S. The van der Waals surface area contributed by atoms with Crippen LogP contribution < -0.4 is 5.32 Å². The number of nitro groups is 1. The smallest absolute Gasteiger partial charge is 0.271 e. The molecule has 0 bridgehead atoms. The number of anilines is 1. The molecule has 2 aromatic carbocycles. The van der Waals surface area contributed by atoms with E-state index in [1.54, 1.807) is 17.9 Å². The van der Waals surface area contributed by atoms with Crippen LogP contribution in [0, 0.1) is 17.0 Å². The fraction of sp³-hybridized carbons (Fsp3) is 0.333. The predicted octanol–water partition coefficient (Wildman–Crippen LogP) is 6.18. The SMILES string of the molecule is Cc1ccc([N+](=O)[O-])cc1NC(=O)CN(C(=O)c1sc2ccccc2c1Cl)C1CCCCC1. The second kappa shape index (κ2) is 9.89. The van der Waals surface area contributed by atoms with Crippen molar-refractivity contribution in [3.63, 3.8) is 0 Å². The number of nitrogens with one attached hydrogen (secondary N) is 1. The number of carbonyl (C=O) groups is 2. The Morgan fingerprint density at radius 1 is 1.18 bits per heavy atom. The number of fused-ring (bicyclic) bond motifs is 1. The normalized spacial score (nSPS) is 14.2. The first-order valence-corrected chi connectivity index (χ1v) is 12.1. The van der Waals surface area contributed by atoms with Gasteiger partial charge in [0, 0.05) is 28.3 Å². The van der Waals surface area contributed by atoms with Gasteiger partial charge in [0.2, 0.25) is 5.91 Å². The van der Waals surface area contributed by atoms with E-state index in [1.165, 1.54) is 23.5 Å². The van der Waals surface area contributed by atoms with Gasteiger partial charge in [0.05, 0.1) is 15.6 Å². The van der Waals surface area contributed by atoms with E-state index in [0.717, 1.165) is 42.2 Å². The van der Waals surface area contributed by atoms with Crippen molar-refractivity contribution < 1.29 is 14.5 Å². The number of hydrogen-bond acceptors (Lipinski definition) is 5. The minimum Gasteiger partial charge on any atom is -0.326 e. The number of aryl methyl sites for hydroxylation is 1. The Hall–Kier alpha value is -2.97. The van der Waals surface area contributed by atoms with Gasteiger partial charge in [0.1, 0.15) is 11.4 Å². The van der Waals surface area contributed by atoms with Crippen LogP contribution in [0.3, 0.4) is 0 Å². The molecule has 4 rings (SSSR count). The summed E-state index contributed by atoms with van der Waals surface area (Å²) < 4.78 is 0.922. The summed E-state index contributed by atoms with van der Waals surface area (Å²) in [5, 5.41) is 15.1. The van der Waals surface area contributed by atoms with Crippen LogP contribution in [0.4, 0.5) is 11.4 Å². The Morgan fingerprint density at radius 2 is 1.91 bits per heavy atom. The molecule has 1 aromatic heterocycles. The molecule has 9 heteroatoms. The number of hydrogen-bond donors (Lipinski definition) is 1. The van der Waals surface area contributed by atoms with Crippen LogP contribution in [-0.2, 0) is 4.79 Å². The van der Waals surface area contributed by atoms with Crippen LogP contribution >= 0.6 is 22.9 Å². The summed E-state index contributed by atoms with van der Waals surface area (Å²) in [6.45, 7) is 1.62. The van der Waals surface area contributed by atoms with Gasteiger partial charge in [-0.15, -0.1) is 11.3 Å². The van der Waals surface area contributed by atoms with Gasteiger partial charge >= 0.3 is 0 Å². The summed E-state index contributed by atoms with van der Waals surface area (Å²) in [5.41, 5.74) is 0.968. The molecule has 2 amide bonds. The molecule has 1 N–H and O–H groups in total. The third-order valence-corrected chi connectivity index (χ3v) is 7.69. The molecular weight excluding hydrogens is 462 g/mol. The molecule has 0 radical (unpaired) electrons. The number of halogens is 1. The highest BCUT2D eigenvalue weighted by atomic mass is 35.5. The number of amides is 2. The molecule has 0 spiro atoms. The van der Waals surface area contributed by atoms with E-state index < -0.39 is 10.8 Å². The first-order chi connectivity index (χ1) is 15.8. The third kappa shape index (κ3) is 5.02. The Bertz CT molecular complexity index is 1220. The van der Waals surface area contributed by atoms with Gasteiger partial charge < -0.3 is 10.2 Å². The predicted molar refractivity (Wildman–Crippen MR) is 131 cm³/mol. The van der Waals surface area contributed by atoms with Crippen LogP contribution in [-0.4, -0.2) is 34.2 Å². The van der Waals surface area contributed by atoms with E-state index in [0.29, 0.717) is 21.2 Å². The van der Waals surface area contributed by atoms with E-state index in [4.69, 9.17) is 11.6 Å². The van der Waals surface area contributed by atoms with Crippen LogP contribution in [0.15, 0.2) is 42.5 Å². The maximum absolute atomic E-state index is 13.6. The highest BCUT2D eigenvalue weighted by Crippen LogP contribution is 2.37. The molecule has 172 valence electrons. The van der Waals surface area contributed by atoms with Gasteiger partial charge in [-0.1, -0.05) is 55.1 Å². The average Bonchev–Trinajstić information content (AvgIpc) is 3.15. The van der Waals surface area contributed by atoms with Gasteiger partial charge in [-0.3, -0.25) is 19.7 Å². The molecule has 0 atom stereocenters. The molecule has 3 aromatic rings. The van der Waals surface area contributed by atoms with Crippen molar-refractivity contribution in [2.75, 3.05) is 11.9 Å². The lowest BCUT2D eigenvalue weighted by molar-refractivity contribution is -0.384. The van der Waals surface area contributed by atoms with Crippen molar-refractivity contribution in [3.05, 3.63) is 68.0 Å². The minimum atomic E-state index is -0.504. The Morgan fingerprint density at radius 3 is 2.61 bits per heavy atom. The Kier molecular flexibility index (Phi) is 6.95. The van der Waals surface area contributed by atoms with Crippen LogP contribution in [0.2, 0.25) is 5.02 Å². The van der Waals surface area contributed by atoms with Crippen LogP contribution in [0.1, 0.15) is 47.3 Å². The first kappa shape index (κ1) is 23.2. The zero-order valence-electron chi connectivity index (χ0n) is 18.2. The molecule has 0 aliphatic heterocycles. The Balaban J connectivity index is 1.60. The summed E-state index contributed by atoms with van der Waals surface area (Å²) in [6, 6.07) is 11.9. The number of benzene rings is 2. The average molecular weight is 486 g/mol. The minimum absolute atomic E-state index is 0.0514. The zero-order valence-corrected chi connectivity index (χ0v) is 19.7. The second-order valence-electron chi connectivity index (χ2n) is 8.27.